The molecule has 1 unspecified atom stereocenters. The van der Waals surface area contributed by atoms with Crippen molar-refractivity contribution < 1.29 is 9.53 Å². The van der Waals surface area contributed by atoms with E-state index in [1.165, 1.54) is 0 Å². The molecular formula is C11H22N2O2. The summed E-state index contributed by atoms with van der Waals surface area (Å²) in [4.78, 5) is 13.6. The topological polar surface area (TPSA) is 55.6 Å². The number of nitrogens with two attached hydrogens (primary N) is 1. The summed E-state index contributed by atoms with van der Waals surface area (Å²) in [5, 5.41) is 0. The molecule has 1 aliphatic heterocycles. The van der Waals surface area contributed by atoms with Crippen molar-refractivity contribution >= 4 is 5.97 Å². The first-order chi connectivity index (χ1) is 6.87. The van der Waals surface area contributed by atoms with E-state index in [0.29, 0.717) is 6.54 Å². The van der Waals surface area contributed by atoms with Crippen LogP contribution in [0, 0.1) is 0 Å². The van der Waals surface area contributed by atoms with Crippen LogP contribution in [-0.2, 0) is 9.53 Å². The second kappa shape index (κ2) is 4.94. The van der Waals surface area contributed by atoms with Crippen molar-refractivity contribution in [1.29, 1.82) is 0 Å². The number of piperidine rings is 1. The van der Waals surface area contributed by atoms with E-state index in [1.807, 2.05) is 20.8 Å². The highest BCUT2D eigenvalue weighted by atomic mass is 16.6. The minimum absolute atomic E-state index is 0.156. The lowest BCUT2D eigenvalue weighted by Gasteiger charge is -2.30. The van der Waals surface area contributed by atoms with Crippen molar-refractivity contribution in [3.8, 4) is 0 Å². The van der Waals surface area contributed by atoms with Crippen LogP contribution < -0.4 is 5.73 Å². The summed E-state index contributed by atoms with van der Waals surface area (Å²) < 4.78 is 5.25. The van der Waals surface area contributed by atoms with Gasteiger partial charge in [-0.2, -0.15) is 0 Å². The van der Waals surface area contributed by atoms with Crippen LogP contribution >= 0.6 is 0 Å². The largest absolute Gasteiger partial charge is 0.459 e. The Kier molecular flexibility index (Phi) is 4.11. The third-order valence-corrected chi connectivity index (χ3v) is 2.31. The molecule has 0 aromatic carbocycles. The molecule has 15 heavy (non-hydrogen) atoms. The van der Waals surface area contributed by atoms with Gasteiger partial charge in [-0.25, -0.2) is 0 Å². The van der Waals surface area contributed by atoms with Gasteiger partial charge in [0, 0.05) is 12.6 Å². The van der Waals surface area contributed by atoms with E-state index in [1.54, 1.807) is 0 Å². The van der Waals surface area contributed by atoms with Crippen molar-refractivity contribution in [2.24, 2.45) is 5.73 Å². The number of hydrogen-bond acceptors (Lipinski definition) is 4. The highest BCUT2D eigenvalue weighted by molar-refractivity contribution is 5.72. The first-order valence-corrected chi connectivity index (χ1v) is 5.56. The van der Waals surface area contributed by atoms with Gasteiger partial charge < -0.3 is 10.5 Å². The maximum Gasteiger partial charge on any atom is 0.320 e. The predicted molar refractivity (Wildman–Crippen MR) is 59.5 cm³/mol. The molecule has 4 nitrogen and oxygen atoms in total. The van der Waals surface area contributed by atoms with Gasteiger partial charge in [0.15, 0.2) is 0 Å². The normalized spacial score (nSPS) is 23.9. The molecule has 1 aliphatic rings. The summed E-state index contributed by atoms with van der Waals surface area (Å²) in [6.07, 6.45) is 2.13. The Balaban J connectivity index is 2.31. The van der Waals surface area contributed by atoms with Gasteiger partial charge in [0.25, 0.3) is 0 Å². The highest BCUT2D eigenvalue weighted by Gasteiger charge is 2.22. The van der Waals surface area contributed by atoms with Gasteiger partial charge in [0.2, 0.25) is 0 Å². The third kappa shape index (κ3) is 5.14. The van der Waals surface area contributed by atoms with E-state index in [9.17, 15) is 4.79 Å². The van der Waals surface area contributed by atoms with Gasteiger partial charge in [0.05, 0.1) is 6.54 Å². The zero-order chi connectivity index (χ0) is 11.5. The fourth-order valence-electron chi connectivity index (χ4n) is 1.79. The first kappa shape index (κ1) is 12.5. The number of carbonyl (C=O) groups is 1. The molecule has 4 heteroatoms. The van der Waals surface area contributed by atoms with E-state index in [2.05, 4.69) is 4.90 Å². The lowest BCUT2D eigenvalue weighted by atomic mass is 10.1. The lowest BCUT2D eigenvalue weighted by Crippen LogP contribution is -2.45. The number of nitrogens with zero attached hydrogens (tertiary/aromatic N) is 1. The summed E-state index contributed by atoms with van der Waals surface area (Å²) in [6.45, 7) is 7.77. The summed E-state index contributed by atoms with van der Waals surface area (Å²) >= 11 is 0. The van der Waals surface area contributed by atoms with Crippen LogP contribution in [0.4, 0.5) is 0 Å². The second-order valence-corrected chi connectivity index (χ2v) is 5.22. The molecule has 1 heterocycles. The van der Waals surface area contributed by atoms with Crippen molar-refractivity contribution in [2.45, 2.75) is 45.3 Å². The van der Waals surface area contributed by atoms with Gasteiger partial charge in [0.1, 0.15) is 5.60 Å². The molecule has 88 valence electrons. The maximum atomic E-state index is 11.5. The van der Waals surface area contributed by atoms with Gasteiger partial charge >= 0.3 is 5.97 Å². The Hall–Kier alpha value is -0.610. The molecule has 0 amide bonds. The Morgan fingerprint density at radius 3 is 2.73 bits per heavy atom. The van der Waals surface area contributed by atoms with E-state index in [-0.39, 0.29) is 12.0 Å². The van der Waals surface area contributed by atoms with Crippen LogP contribution in [0.1, 0.15) is 33.6 Å². The van der Waals surface area contributed by atoms with Gasteiger partial charge in [-0.05, 0) is 40.2 Å². The van der Waals surface area contributed by atoms with E-state index in [4.69, 9.17) is 10.5 Å². The fraction of sp³-hybridized carbons (Fsp3) is 0.909. The zero-order valence-corrected chi connectivity index (χ0v) is 9.95. The predicted octanol–water partition coefficient (Wildman–Crippen LogP) is 0.751. The molecule has 0 aromatic rings. The number of hydrogen-bond donors (Lipinski definition) is 1. The van der Waals surface area contributed by atoms with Crippen LogP contribution in [0.15, 0.2) is 0 Å². The van der Waals surface area contributed by atoms with Crippen molar-refractivity contribution in [3.05, 3.63) is 0 Å². The number of likely N-dealkylation sites (tertiary alicyclic amines) is 1. The lowest BCUT2D eigenvalue weighted by molar-refractivity contribution is -0.156. The molecule has 0 aliphatic carbocycles. The molecule has 0 bridgehead atoms. The summed E-state index contributed by atoms with van der Waals surface area (Å²) in [5.41, 5.74) is 5.44. The first-order valence-electron chi connectivity index (χ1n) is 5.56. The fourth-order valence-corrected chi connectivity index (χ4v) is 1.79. The molecular weight excluding hydrogens is 192 g/mol. The Bertz CT molecular complexity index is 223. The van der Waals surface area contributed by atoms with Crippen LogP contribution in [0.25, 0.3) is 0 Å². The minimum atomic E-state index is -0.394. The van der Waals surface area contributed by atoms with E-state index < -0.39 is 5.60 Å². The van der Waals surface area contributed by atoms with Crippen LogP contribution in [0.2, 0.25) is 0 Å². The molecule has 1 rings (SSSR count). The Morgan fingerprint density at radius 1 is 1.53 bits per heavy atom. The molecule has 0 radical (unpaired) electrons. The SMILES string of the molecule is CC(C)(C)OC(=O)CN1CCCC(N)C1. The molecule has 0 spiro atoms. The third-order valence-electron chi connectivity index (χ3n) is 2.31. The van der Waals surface area contributed by atoms with Gasteiger partial charge in [-0.15, -0.1) is 0 Å². The van der Waals surface area contributed by atoms with Crippen molar-refractivity contribution in [2.75, 3.05) is 19.6 Å². The standard InChI is InChI=1S/C11H22N2O2/c1-11(2,3)15-10(14)8-13-6-4-5-9(12)7-13/h9H,4-8,12H2,1-3H3. The van der Waals surface area contributed by atoms with Gasteiger partial charge in [-0.1, -0.05) is 0 Å². The Labute approximate surface area is 91.8 Å². The molecule has 1 saturated heterocycles. The van der Waals surface area contributed by atoms with Crippen molar-refractivity contribution in [1.82, 2.24) is 4.90 Å². The summed E-state index contributed by atoms with van der Waals surface area (Å²) in [5.74, 6) is -0.156. The summed E-state index contributed by atoms with van der Waals surface area (Å²) in [7, 11) is 0. The van der Waals surface area contributed by atoms with Crippen molar-refractivity contribution in [3.63, 3.8) is 0 Å². The molecule has 0 saturated carbocycles. The average molecular weight is 214 g/mol. The smallest absolute Gasteiger partial charge is 0.320 e. The quantitative estimate of drug-likeness (QED) is 0.689. The summed E-state index contributed by atoms with van der Waals surface area (Å²) in [6, 6.07) is 0.209. The van der Waals surface area contributed by atoms with Crippen LogP contribution in [0.5, 0.6) is 0 Å². The molecule has 0 aromatic heterocycles. The van der Waals surface area contributed by atoms with E-state index >= 15 is 0 Å². The molecule has 2 N–H and O–H groups in total. The number of esters is 1. The minimum Gasteiger partial charge on any atom is -0.459 e. The number of ether oxygens (including phenoxy) is 1. The average Bonchev–Trinajstić information content (AvgIpc) is 1.99. The Morgan fingerprint density at radius 2 is 2.20 bits per heavy atom. The van der Waals surface area contributed by atoms with Gasteiger partial charge in [-0.3, -0.25) is 9.69 Å². The maximum absolute atomic E-state index is 11.5. The van der Waals surface area contributed by atoms with Crippen LogP contribution in [-0.4, -0.2) is 42.1 Å². The highest BCUT2D eigenvalue weighted by Crippen LogP contribution is 2.10. The second-order valence-electron chi connectivity index (χ2n) is 5.22. The number of carbonyl (C=O) groups excluding carboxylic acids is 1. The number of rotatable bonds is 2. The monoisotopic (exact) mass is 214 g/mol. The molecule has 1 atom stereocenters. The molecule has 1 fully saturated rings. The van der Waals surface area contributed by atoms with Crippen LogP contribution in [0.3, 0.4) is 0 Å². The zero-order valence-electron chi connectivity index (χ0n) is 9.95. The van der Waals surface area contributed by atoms with E-state index in [0.717, 1.165) is 25.9 Å².